The molecule has 0 amide bonds. The van der Waals surface area contributed by atoms with Crippen LogP contribution < -0.4 is 0 Å². The van der Waals surface area contributed by atoms with Gasteiger partial charge in [0.25, 0.3) is 8.05 Å². The summed E-state index contributed by atoms with van der Waals surface area (Å²) in [4.78, 5) is 0. The average molecular weight is 114 g/mol. The predicted molar refractivity (Wildman–Crippen MR) is 19.5 cm³/mol. The molecule has 0 fully saturated rings. The first kappa shape index (κ1) is 6.11. The second-order valence-corrected chi connectivity index (χ2v) is 1.79. The van der Waals surface area contributed by atoms with Gasteiger partial charge in [0.2, 0.25) is 0 Å². The van der Waals surface area contributed by atoms with Crippen LogP contribution in [-0.4, -0.2) is 8.05 Å². The van der Waals surface area contributed by atoms with Gasteiger partial charge in [-0.2, -0.15) is 0 Å². The maximum absolute atomic E-state index is 10.8. The molecule has 36 valence electrons. The molecule has 0 atom stereocenters. The Labute approximate surface area is 34.6 Å². The van der Waals surface area contributed by atoms with Gasteiger partial charge in [-0.3, -0.25) is 0 Å². The van der Waals surface area contributed by atoms with E-state index in [1.807, 2.05) is 0 Å². The van der Waals surface area contributed by atoms with Crippen molar-refractivity contribution in [3.05, 3.63) is 0 Å². The Balaban J connectivity index is 3.48. The van der Waals surface area contributed by atoms with E-state index in [-0.39, 0.29) is 0 Å². The zero-order valence-electron chi connectivity index (χ0n) is 3.02. The maximum atomic E-state index is 10.8. The van der Waals surface area contributed by atoms with E-state index < -0.39 is 7.99 Å². The molecule has 0 heterocycles. The summed E-state index contributed by atoms with van der Waals surface area (Å²) in [6.07, 6.45) is 0. The van der Waals surface area contributed by atoms with Crippen LogP contribution in [0.15, 0.2) is 0 Å². The van der Waals surface area contributed by atoms with Crippen LogP contribution >= 0.6 is 7.99 Å². The van der Waals surface area contributed by atoms with Crippen molar-refractivity contribution >= 4 is 16.0 Å². The minimum Gasteiger partial charge on any atom is -0.352 e. The Bertz CT molecular complexity index is 75.6. The molecule has 0 saturated carbocycles. The summed E-state index contributed by atoms with van der Waals surface area (Å²) in [6, 6.07) is 0. The molecule has 0 N–H and O–H groups in total. The molecule has 0 spiro atoms. The number of hydrogen-bond donors (Lipinski definition) is 0. The Morgan fingerprint density at radius 3 is 1.83 bits per heavy atom. The summed E-state index contributed by atoms with van der Waals surface area (Å²) in [5.41, 5.74) is 0. The highest BCUT2D eigenvalue weighted by Gasteiger charge is 2.14. The first-order valence-corrected chi connectivity index (χ1v) is 2.52. The van der Waals surface area contributed by atoms with E-state index in [1.54, 1.807) is 0 Å². The normalized spacial score (nSPS) is 11.7. The van der Waals surface area contributed by atoms with Gasteiger partial charge >= 0.3 is 7.99 Å². The molecule has 6 heavy (non-hydrogen) atoms. The summed E-state index contributed by atoms with van der Waals surface area (Å²) in [5.74, 6) is 0. The quantitative estimate of drug-likeness (QED) is 0.368. The van der Waals surface area contributed by atoms with Crippen molar-refractivity contribution in [2.75, 3.05) is 0 Å². The molecule has 0 aliphatic heterocycles. The van der Waals surface area contributed by atoms with Crippen LogP contribution in [0.1, 0.15) is 0 Å². The molecular formula is H2BF2O2P. The van der Waals surface area contributed by atoms with E-state index in [2.05, 4.69) is 4.44 Å². The van der Waals surface area contributed by atoms with Gasteiger partial charge in [-0.15, -0.1) is 8.39 Å². The molecule has 0 aromatic heterocycles. The third kappa shape index (κ3) is 4.11. The van der Waals surface area contributed by atoms with Crippen LogP contribution in [0, 0.1) is 0 Å². The van der Waals surface area contributed by atoms with E-state index in [4.69, 9.17) is 4.57 Å². The molecule has 2 nitrogen and oxygen atoms in total. The van der Waals surface area contributed by atoms with Gasteiger partial charge in [0, 0.05) is 0 Å². The summed E-state index contributed by atoms with van der Waals surface area (Å²) in [5, 5.41) is 0. The molecule has 0 rings (SSSR count). The van der Waals surface area contributed by atoms with Crippen molar-refractivity contribution in [3.8, 4) is 0 Å². The second-order valence-electron chi connectivity index (χ2n) is 0.597. The molecule has 0 aliphatic carbocycles. The standard InChI is InChI=1S/BF2H2O2P/c1-5-6(2,3)4/h1H2. The number of halogens is 2. The average Bonchev–Trinajstić information content (AvgIpc) is 1.35. The van der Waals surface area contributed by atoms with Crippen LogP contribution in [0.5, 0.6) is 0 Å². The van der Waals surface area contributed by atoms with Crippen molar-refractivity contribution in [1.82, 2.24) is 0 Å². The first-order chi connectivity index (χ1) is 2.56. The molecule has 0 aliphatic rings. The summed E-state index contributed by atoms with van der Waals surface area (Å²) in [7, 11) is -4.45. The molecular weight excluding hydrogens is 112 g/mol. The van der Waals surface area contributed by atoms with Gasteiger partial charge in [0.1, 0.15) is 0 Å². The van der Waals surface area contributed by atoms with E-state index >= 15 is 0 Å². The van der Waals surface area contributed by atoms with Gasteiger partial charge in [0.05, 0.1) is 0 Å². The highest BCUT2D eigenvalue weighted by Crippen LogP contribution is 2.48. The van der Waals surface area contributed by atoms with Crippen molar-refractivity contribution < 1.29 is 17.4 Å². The zero-order valence-corrected chi connectivity index (χ0v) is 3.91. The summed E-state index contributed by atoms with van der Waals surface area (Å²) >= 11 is 0. The third-order valence-electron chi connectivity index (χ3n) is 0.213. The molecule has 0 radical (unpaired) electrons. The van der Waals surface area contributed by atoms with Crippen LogP contribution in [0.25, 0.3) is 0 Å². The minimum atomic E-state index is -5.15. The van der Waals surface area contributed by atoms with Crippen molar-refractivity contribution in [2.45, 2.75) is 0 Å². The van der Waals surface area contributed by atoms with E-state index in [0.717, 1.165) is 0 Å². The van der Waals surface area contributed by atoms with Gasteiger partial charge in [-0.1, -0.05) is 0 Å². The topological polar surface area (TPSA) is 26.3 Å². The fourth-order valence-corrected chi connectivity index (χ4v) is 0. The predicted octanol–water partition coefficient (Wildman–Crippen LogP) is 0.598. The van der Waals surface area contributed by atoms with E-state index in [0.29, 0.717) is 8.05 Å². The van der Waals surface area contributed by atoms with E-state index in [9.17, 15) is 8.39 Å². The molecule has 0 saturated heterocycles. The zero-order chi connectivity index (χ0) is 5.21. The van der Waals surface area contributed by atoms with Crippen molar-refractivity contribution in [2.24, 2.45) is 0 Å². The summed E-state index contributed by atoms with van der Waals surface area (Å²) in [6.45, 7) is 0. The lowest BCUT2D eigenvalue weighted by Gasteiger charge is -1.87. The fraction of sp³-hybridized carbons (Fsp3) is 0. The molecule has 0 bridgehead atoms. The van der Waals surface area contributed by atoms with Crippen molar-refractivity contribution in [1.29, 1.82) is 0 Å². The van der Waals surface area contributed by atoms with Crippen LogP contribution in [0.4, 0.5) is 8.39 Å². The van der Waals surface area contributed by atoms with E-state index in [1.165, 1.54) is 0 Å². The fourth-order valence-electron chi connectivity index (χ4n) is 0. The van der Waals surface area contributed by atoms with Gasteiger partial charge in [0.15, 0.2) is 0 Å². The molecule has 0 aromatic rings. The lowest BCUT2D eigenvalue weighted by Crippen LogP contribution is -1.66. The van der Waals surface area contributed by atoms with Crippen LogP contribution in [0.3, 0.4) is 0 Å². The monoisotopic (exact) mass is 114 g/mol. The number of hydrogen-bond acceptors (Lipinski definition) is 2. The molecule has 6 heteroatoms. The largest absolute Gasteiger partial charge is 0.536 e. The highest BCUT2D eigenvalue weighted by molar-refractivity contribution is 7.48. The highest BCUT2D eigenvalue weighted by atomic mass is 31.2. The maximum Gasteiger partial charge on any atom is 0.536 e. The molecule has 0 unspecified atom stereocenters. The SMILES string of the molecule is BOP(=O)(F)F. The Morgan fingerprint density at radius 1 is 1.67 bits per heavy atom. The Hall–Kier alpha value is 0.115. The van der Waals surface area contributed by atoms with Crippen molar-refractivity contribution in [3.63, 3.8) is 0 Å². The molecule has 0 aromatic carbocycles. The lowest BCUT2D eigenvalue weighted by molar-refractivity contribution is 0.399. The Kier molecular flexibility index (Phi) is 1.74. The lowest BCUT2D eigenvalue weighted by atomic mass is 10.6. The van der Waals surface area contributed by atoms with Gasteiger partial charge in [-0.25, -0.2) is 4.57 Å². The van der Waals surface area contributed by atoms with Crippen LogP contribution in [-0.2, 0) is 9.01 Å². The van der Waals surface area contributed by atoms with Gasteiger partial charge in [-0.05, 0) is 0 Å². The number of rotatable bonds is 1. The summed E-state index contributed by atoms with van der Waals surface area (Å²) < 4.78 is 33.8. The second kappa shape index (κ2) is 1.71. The van der Waals surface area contributed by atoms with Gasteiger partial charge < -0.3 is 4.44 Å². The van der Waals surface area contributed by atoms with Crippen LogP contribution in [0.2, 0.25) is 0 Å². The smallest absolute Gasteiger partial charge is 0.352 e. The first-order valence-electron chi connectivity index (χ1n) is 1.11. The third-order valence-corrected chi connectivity index (χ3v) is 0.638. The Morgan fingerprint density at radius 2 is 1.83 bits per heavy atom. The minimum absolute atomic E-state index is 0.695.